The average molecular weight is 435 g/mol. The Balaban J connectivity index is 1.42. The Kier molecular flexibility index (Phi) is 7.04. The summed E-state index contributed by atoms with van der Waals surface area (Å²) in [5.41, 5.74) is 0.979. The lowest BCUT2D eigenvalue weighted by molar-refractivity contribution is -0.117. The second kappa shape index (κ2) is 9.53. The summed E-state index contributed by atoms with van der Waals surface area (Å²) in [5.74, 6) is -0.430. The van der Waals surface area contributed by atoms with E-state index in [1.54, 1.807) is 12.1 Å². The Bertz CT molecular complexity index is 871. The fourth-order valence-corrected chi connectivity index (χ4v) is 3.89. The third-order valence-corrected chi connectivity index (χ3v) is 5.32. The molecule has 2 N–H and O–H groups in total. The molecule has 2 aromatic rings. The van der Waals surface area contributed by atoms with Crippen molar-refractivity contribution in [3.05, 3.63) is 35.5 Å². The van der Waals surface area contributed by atoms with Gasteiger partial charge < -0.3 is 15.4 Å². The maximum Gasteiger partial charge on any atom is 0.407 e. The Hall–Kier alpha value is -2.52. The summed E-state index contributed by atoms with van der Waals surface area (Å²) in [6, 6.07) is 6.13. The van der Waals surface area contributed by atoms with Crippen molar-refractivity contribution in [1.29, 1.82) is 0 Å². The number of likely N-dealkylation sites (tertiary alicyclic amines) is 1. The van der Waals surface area contributed by atoms with E-state index < -0.39 is 11.7 Å². The van der Waals surface area contributed by atoms with E-state index in [0.29, 0.717) is 23.9 Å². The maximum absolute atomic E-state index is 13.0. The molecule has 0 bridgehead atoms. The number of hydrogen-bond donors (Lipinski definition) is 2. The second-order valence-electron chi connectivity index (χ2n) is 8.29. The van der Waals surface area contributed by atoms with Crippen LogP contribution in [0.25, 0.3) is 11.3 Å². The van der Waals surface area contributed by atoms with Gasteiger partial charge in [-0.05, 0) is 57.9 Å². The molecule has 7 nitrogen and oxygen atoms in total. The number of anilines is 1. The van der Waals surface area contributed by atoms with Crippen LogP contribution in [-0.2, 0) is 9.53 Å². The number of halogens is 1. The molecule has 1 saturated heterocycles. The SMILES string of the molecule is CC(C)(C)OC(=O)NC1CCN(CC(=O)Nc2nc(-c3ccc(F)cc3)cs2)CC1. The van der Waals surface area contributed by atoms with Crippen molar-refractivity contribution >= 4 is 28.5 Å². The zero-order valence-corrected chi connectivity index (χ0v) is 18.2. The van der Waals surface area contributed by atoms with Crippen molar-refractivity contribution in [2.75, 3.05) is 25.0 Å². The van der Waals surface area contributed by atoms with Gasteiger partial charge in [0.15, 0.2) is 5.13 Å². The first-order valence-corrected chi connectivity index (χ1v) is 10.8. The van der Waals surface area contributed by atoms with Crippen LogP contribution in [0, 0.1) is 5.82 Å². The van der Waals surface area contributed by atoms with Crippen LogP contribution < -0.4 is 10.6 Å². The van der Waals surface area contributed by atoms with Crippen molar-refractivity contribution in [1.82, 2.24) is 15.2 Å². The molecule has 1 fully saturated rings. The van der Waals surface area contributed by atoms with Gasteiger partial charge in [0.05, 0.1) is 12.2 Å². The summed E-state index contributed by atoms with van der Waals surface area (Å²) >= 11 is 1.33. The van der Waals surface area contributed by atoms with Gasteiger partial charge in [-0.25, -0.2) is 14.2 Å². The number of thiazole rings is 1. The number of amides is 2. The van der Waals surface area contributed by atoms with Gasteiger partial charge in [-0.1, -0.05) is 0 Å². The molecule has 162 valence electrons. The Morgan fingerprint density at radius 1 is 1.23 bits per heavy atom. The highest BCUT2D eigenvalue weighted by Crippen LogP contribution is 2.25. The predicted molar refractivity (Wildman–Crippen MR) is 115 cm³/mol. The van der Waals surface area contributed by atoms with Gasteiger partial charge in [-0.2, -0.15) is 0 Å². The lowest BCUT2D eigenvalue weighted by Gasteiger charge is -2.32. The molecular formula is C21H27FN4O3S. The molecule has 9 heteroatoms. The zero-order valence-electron chi connectivity index (χ0n) is 17.4. The molecule has 0 unspecified atom stereocenters. The summed E-state index contributed by atoms with van der Waals surface area (Å²) in [6.07, 6.45) is 1.12. The summed E-state index contributed by atoms with van der Waals surface area (Å²) in [6.45, 7) is 7.19. The molecule has 0 saturated carbocycles. The number of alkyl carbamates (subject to hydrolysis) is 1. The van der Waals surface area contributed by atoms with Gasteiger partial charge >= 0.3 is 6.09 Å². The average Bonchev–Trinajstić information content (AvgIpc) is 3.10. The molecule has 1 aliphatic rings. The second-order valence-corrected chi connectivity index (χ2v) is 9.15. The number of benzene rings is 1. The standard InChI is InChI=1S/C21H27FN4O3S/c1-21(2,3)29-20(28)23-16-8-10-26(11-9-16)12-18(27)25-19-24-17(13-30-19)14-4-6-15(22)7-5-14/h4-7,13,16H,8-12H2,1-3H3,(H,23,28)(H,24,25,27). The number of carbonyl (C=O) groups excluding carboxylic acids is 2. The number of rotatable bonds is 5. The van der Waals surface area contributed by atoms with E-state index in [-0.39, 0.29) is 24.3 Å². The minimum absolute atomic E-state index is 0.0522. The monoisotopic (exact) mass is 434 g/mol. The highest BCUT2D eigenvalue weighted by molar-refractivity contribution is 7.14. The zero-order chi connectivity index (χ0) is 21.7. The van der Waals surface area contributed by atoms with Gasteiger partial charge in [0.25, 0.3) is 0 Å². The van der Waals surface area contributed by atoms with Crippen molar-refractivity contribution in [3.8, 4) is 11.3 Å². The number of nitrogens with zero attached hydrogens (tertiary/aromatic N) is 2. The van der Waals surface area contributed by atoms with Crippen LogP contribution in [0.2, 0.25) is 0 Å². The fraction of sp³-hybridized carbons (Fsp3) is 0.476. The first kappa shape index (κ1) is 22.2. The number of nitrogens with one attached hydrogen (secondary N) is 2. The molecule has 3 rings (SSSR count). The number of piperidine rings is 1. The molecule has 1 aromatic carbocycles. The molecule has 2 heterocycles. The molecule has 0 spiro atoms. The Morgan fingerprint density at radius 3 is 2.53 bits per heavy atom. The molecular weight excluding hydrogens is 407 g/mol. The van der Waals surface area contributed by atoms with Crippen LogP contribution in [0.4, 0.5) is 14.3 Å². The molecule has 1 aliphatic heterocycles. The molecule has 1 aromatic heterocycles. The van der Waals surface area contributed by atoms with E-state index in [2.05, 4.69) is 20.5 Å². The first-order chi connectivity index (χ1) is 14.2. The van der Waals surface area contributed by atoms with Gasteiger partial charge in [-0.3, -0.25) is 9.69 Å². The number of carbonyl (C=O) groups is 2. The molecule has 2 amide bonds. The van der Waals surface area contributed by atoms with E-state index >= 15 is 0 Å². The summed E-state index contributed by atoms with van der Waals surface area (Å²) in [7, 11) is 0. The molecule has 0 radical (unpaired) electrons. The topological polar surface area (TPSA) is 83.6 Å². The molecule has 0 atom stereocenters. The van der Waals surface area contributed by atoms with E-state index in [0.717, 1.165) is 18.4 Å². The lowest BCUT2D eigenvalue weighted by Crippen LogP contribution is -2.47. The highest BCUT2D eigenvalue weighted by atomic mass is 32.1. The molecule has 0 aliphatic carbocycles. The van der Waals surface area contributed by atoms with Crippen LogP contribution in [0.3, 0.4) is 0 Å². The van der Waals surface area contributed by atoms with E-state index in [1.807, 2.05) is 26.2 Å². The van der Waals surface area contributed by atoms with Gasteiger partial charge in [0.1, 0.15) is 11.4 Å². The summed E-state index contributed by atoms with van der Waals surface area (Å²) < 4.78 is 18.3. The normalized spacial score (nSPS) is 15.6. The minimum atomic E-state index is -0.519. The van der Waals surface area contributed by atoms with Crippen LogP contribution in [0.1, 0.15) is 33.6 Å². The number of ether oxygens (including phenoxy) is 1. The number of aromatic nitrogens is 1. The van der Waals surface area contributed by atoms with Gasteiger partial charge in [0.2, 0.25) is 5.91 Å². The Morgan fingerprint density at radius 2 is 1.90 bits per heavy atom. The highest BCUT2D eigenvalue weighted by Gasteiger charge is 2.24. The third-order valence-electron chi connectivity index (χ3n) is 4.57. The molecule has 30 heavy (non-hydrogen) atoms. The van der Waals surface area contributed by atoms with Crippen LogP contribution in [0.5, 0.6) is 0 Å². The Labute approximate surface area is 179 Å². The third kappa shape index (κ3) is 6.77. The van der Waals surface area contributed by atoms with Crippen LogP contribution >= 0.6 is 11.3 Å². The van der Waals surface area contributed by atoms with Crippen molar-refractivity contribution in [2.24, 2.45) is 0 Å². The number of hydrogen-bond acceptors (Lipinski definition) is 6. The minimum Gasteiger partial charge on any atom is -0.444 e. The quantitative estimate of drug-likeness (QED) is 0.746. The van der Waals surface area contributed by atoms with Crippen molar-refractivity contribution in [2.45, 2.75) is 45.3 Å². The summed E-state index contributed by atoms with van der Waals surface area (Å²) in [5, 5.41) is 8.06. The van der Waals surface area contributed by atoms with Crippen LogP contribution in [-0.4, -0.2) is 53.2 Å². The van der Waals surface area contributed by atoms with Crippen molar-refractivity contribution < 1.29 is 18.7 Å². The first-order valence-electron chi connectivity index (χ1n) is 9.91. The van der Waals surface area contributed by atoms with Crippen LogP contribution in [0.15, 0.2) is 29.6 Å². The largest absolute Gasteiger partial charge is 0.444 e. The smallest absolute Gasteiger partial charge is 0.407 e. The van der Waals surface area contributed by atoms with E-state index in [9.17, 15) is 14.0 Å². The van der Waals surface area contributed by atoms with Gasteiger partial charge in [0, 0.05) is 30.1 Å². The lowest BCUT2D eigenvalue weighted by atomic mass is 10.1. The summed E-state index contributed by atoms with van der Waals surface area (Å²) in [4.78, 5) is 30.7. The maximum atomic E-state index is 13.0. The van der Waals surface area contributed by atoms with E-state index in [1.165, 1.54) is 23.5 Å². The van der Waals surface area contributed by atoms with Gasteiger partial charge in [-0.15, -0.1) is 11.3 Å². The van der Waals surface area contributed by atoms with Crippen molar-refractivity contribution in [3.63, 3.8) is 0 Å². The predicted octanol–water partition coefficient (Wildman–Crippen LogP) is 3.88. The fourth-order valence-electron chi connectivity index (χ4n) is 3.16. The van der Waals surface area contributed by atoms with E-state index in [4.69, 9.17) is 4.74 Å².